The Bertz CT molecular complexity index is 1380. The molecule has 0 spiro atoms. The van der Waals surface area contributed by atoms with E-state index in [9.17, 15) is 9.90 Å². The summed E-state index contributed by atoms with van der Waals surface area (Å²) in [5.41, 5.74) is 5.87. The highest BCUT2D eigenvalue weighted by Gasteiger charge is 2.21. The zero-order chi connectivity index (χ0) is 30.0. The number of nitrogens with one attached hydrogen (secondary N) is 1. The Kier molecular flexibility index (Phi) is 11.4. The largest absolute Gasteiger partial charge is 0.389 e. The Morgan fingerprint density at radius 2 is 1.64 bits per heavy atom. The van der Waals surface area contributed by atoms with E-state index in [1.165, 1.54) is 16.5 Å². The molecule has 6 heteroatoms. The van der Waals surface area contributed by atoms with Gasteiger partial charge in [-0.25, -0.2) is 0 Å². The number of para-hydroxylation sites is 1. The molecule has 6 nitrogen and oxygen atoms in total. The minimum atomic E-state index is -0.669. The highest BCUT2D eigenvalue weighted by atomic mass is 16.5. The van der Waals surface area contributed by atoms with E-state index in [0.29, 0.717) is 26.2 Å². The Hall–Kier alpha value is -3.45. The summed E-state index contributed by atoms with van der Waals surface area (Å²) in [6.07, 6.45) is 3.05. The van der Waals surface area contributed by atoms with Crippen LogP contribution in [-0.4, -0.2) is 64.7 Å². The number of hydrogen-bond acceptors (Lipinski definition) is 4. The number of aromatic amines is 1. The molecule has 4 aromatic rings. The van der Waals surface area contributed by atoms with Crippen LogP contribution in [0.2, 0.25) is 0 Å². The molecule has 0 aliphatic heterocycles. The predicted molar refractivity (Wildman–Crippen MR) is 171 cm³/mol. The molecule has 0 aliphatic rings. The minimum absolute atomic E-state index is 0.0700. The zero-order valence-electron chi connectivity index (χ0n) is 25.7. The molecule has 0 saturated carbocycles. The van der Waals surface area contributed by atoms with Crippen LogP contribution >= 0.6 is 0 Å². The van der Waals surface area contributed by atoms with E-state index in [2.05, 4.69) is 86.2 Å². The second-order valence-corrected chi connectivity index (χ2v) is 12.3. The number of carbonyl (C=O) groups is 1. The molecule has 4 rings (SSSR count). The molecule has 1 amide bonds. The smallest absolute Gasteiger partial charge is 0.237 e. The maximum atomic E-state index is 13.8. The fraction of sp³-hybridized carbons (Fsp3) is 0.417. The zero-order valence-corrected chi connectivity index (χ0v) is 25.7. The number of ether oxygens (including phenoxy) is 1. The molecule has 0 fully saturated rings. The van der Waals surface area contributed by atoms with Crippen molar-refractivity contribution >= 4 is 16.8 Å². The van der Waals surface area contributed by atoms with Gasteiger partial charge in [-0.15, -0.1) is 0 Å². The number of H-pyrrole nitrogens is 1. The topological polar surface area (TPSA) is 68.8 Å². The van der Waals surface area contributed by atoms with Crippen molar-refractivity contribution in [1.29, 1.82) is 0 Å². The lowest BCUT2D eigenvalue weighted by atomic mass is 9.87. The van der Waals surface area contributed by atoms with Gasteiger partial charge in [0.1, 0.15) is 0 Å². The molecule has 3 aromatic carbocycles. The van der Waals surface area contributed by atoms with E-state index in [4.69, 9.17) is 4.74 Å². The summed E-state index contributed by atoms with van der Waals surface area (Å²) < 4.78 is 5.77. The van der Waals surface area contributed by atoms with Crippen molar-refractivity contribution in [3.63, 3.8) is 0 Å². The standard InChI is InChI=1S/C36H47N3O3/c1-5-20-38(24-32(40)27-42-26-29-11-7-6-8-12-29)25-35(41)39(23-28-15-17-31(18-16-28)36(2,3)4)21-19-30-22-37-34-14-10-9-13-33(30)34/h6-18,22,32,37,40H,5,19-21,23-27H2,1-4H3/t32-/m1/s1. The van der Waals surface area contributed by atoms with Crippen molar-refractivity contribution in [2.75, 3.05) is 32.8 Å². The van der Waals surface area contributed by atoms with Crippen LogP contribution < -0.4 is 0 Å². The van der Waals surface area contributed by atoms with E-state index >= 15 is 0 Å². The molecule has 0 radical (unpaired) electrons. The normalized spacial score (nSPS) is 12.6. The second-order valence-electron chi connectivity index (χ2n) is 12.3. The lowest BCUT2D eigenvalue weighted by molar-refractivity contribution is -0.133. The first-order valence-corrected chi connectivity index (χ1v) is 15.2. The van der Waals surface area contributed by atoms with Gasteiger partial charge in [-0.2, -0.15) is 0 Å². The maximum absolute atomic E-state index is 13.8. The first kappa shape index (κ1) is 31.5. The maximum Gasteiger partial charge on any atom is 0.237 e. The van der Waals surface area contributed by atoms with Gasteiger partial charge in [0.05, 0.1) is 25.9 Å². The van der Waals surface area contributed by atoms with Crippen LogP contribution in [0.15, 0.2) is 85.1 Å². The molecule has 0 aliphatic carbocycles. The number of rotatable bonds is 15. The molecule has 224 valence electrons. The summed E-state index contributed by atoms with van der Waals surface area (Å²) >= 11 is 0. The molecule has 0 saturated heterocycles. The molecule has 2 N–H and O–H groups in total. The Labute approximate surface area is 251 Å². The molecular weight excluding hydrogens is 522 g/mol. The number of amides is 1. The van der Waals surface area contributed by atoms with Gasteiger partial charge < -0.3 is 19.7 Å². The first-order valence-electron chi connectivity index (χ1n) is 15.2. The minimum Gasteiger partial charge on any atom is -0.389 e. The van der Waals surface area contributed by atoms with E-state index < -0.39 is 6.10 Å². The summed E-state index contributed by atoms with van der Waals surface area (Å²) in [6, 6.07) is 26.9. The number of carbonyl (C=O) groups excluding carboxylic acids is 1. The van der Waals surface area contributed by atoms with Crippen molar-refractivity contribution in [3.8, 4) is 0 Å². The Morgan fingerprint density at radius 3 is 2.36 bits per heavy atom. The van der Waals surface area contributed by atoms with Crippen LogP contribution in [0.1, 0.15) is 56.4 Å². The van der Waals surface area contributed by atoms with Crippen molar-refractivity contribution in [3.05, 3.63) is 107 Å². The molecule has 1 aromatic heterocycles. The van der Waals surface area contributed by atoms with Gasteiger partial charge in [0.15, 0.2) is 0 Å². The van der Waals surface area contributed by atoms with Gasteiger partial charge in [-0.1, -0.05) is 100 Å². The van der Waals surface area contributed by atoms with Crippen molar-refractivity contribution < 1.29 is 14.6 Å². The molecular formula is C36H47N3O3. The lowest BCUT2D eigenvalue weighted by Gasteiger charge is -2.29. The predicted octanol–water partition coefficient (Wildman–Crippen LogP) is 6.33. The number of nitrogens with zero attached hydrogens (tertiary/aromatic N) is 2. The van der Waals surface area contributed by atoms with Gasteiger partial charge in [0.25, 0.3) is 0 Å². The third kappa shape index (κ3) is 9.28. The number of aliphatic hydroxyl groups is 1. The monoisotopic (exact) mass is 569 g/mol. The molecule has 0 bridgehead atoms. The SMILES string of the molecule is CCCN(CC(=O)N(CCc1c[nH]c2ccccc12)Cc1ccc(C(C)(C)C)cc1)C[C@@H](O)COCc1ccccc1. The van der Waals surface area contributed by atoms with Gasteiger partial charge in [-0.05, 0) is 53.1 Å². The third-order valence-electron chi connectivity index (χ3n) is 7.66. The second kappa shape index (κ2) is 15.1. The van der Waals surface area contributed by atoms with Gasteiger partial charge >= 0.3 is 0 Å². The van der Waals surface area contributed by atoms with E-state index in [-0.39, 0.29) is 24.5 Å². The fourth-order valence-corrected chi connectivity index (χ4v) is 5.30. The van der Waals surface area contributed by atoms with Gasteiger partial charge in [0.2, 0.25) is 5.91 Å². The summed E-state index contributed by atoms with van der Waals surface area (Å²) in [7, 11) is 0. The highest BCUT2D eigenvalue weighted by Crippen LogP contribution is 2.23. The molecule has 1 heterocycles. The van der Waals surface area contributed by atoms with Crippen molar-refractivity contribution in [2.45, 2.75) is 65.2 Å². The van der Waals surface area contributed by atoms with E-state index in [1.54, 1.807) is 0 Å². The van der Waals surface area contributed by atoms with Crippen molar-refractivity contribution in [2.24, 2.45) is 0 Å². The van der Waals surface area contributed by atoms with Gasteiger partial charge in [0, 0.05) is 36.7 Å². The summed E-state index contributed by atoms with van der Waals surface area (Å²) in [5.74, 6) is 0.0700. The molecule has 1 atom stereocenters. The van der Waals surface area contributed by atoms with Crippen LogP contribution in [0.3, 0.4) is 0 Å². The first-order chi connectivity index (χ1) is 20.2. The van der Waals surface area contributed by atoms with Gasteiger partial charge in [-0.3, -0.25) is 9.69 Å². The van der Waals surface area contributed by atoms with Crippen LogP contribution in [0, 0.1) is 0 Å². The number of aromatic nitrogens is 1. The van der Waals surface area contributed by atoms with Crippen LogP contribution in [-0.2, 0) is 34.5 Å². The number of hydrogen-bond donors (Lipinski definition) is 2. The number of aliphatic hydroxyl groups excluding tert-OH is 1. The van der Waals surface area contributed by atoms with Crippen LogP contribution in [0.5, 0.6) is 0 Å². The average molecular weight is 570 g/mol. The fourth-order valence-electron chi connectivity index (χ4n) is 5.30. The Morgan fingerprint density at radius 1 is 0.929 bits per heavy atom. The summed E-state index contributed by atoms with van der Waals surface area (Å²) in [6.45, 7) is 12.0. The highest BCUT2D eigenvalue weighted by molar-refractivity contribution is 5.83. The quantitative estimate of drug-likeness (QED) is 0.176. The summed E-state index contributed by atoms with van der Waals surface area (Å²) in [5, 5.41) is 11.9. The lowest BCUT2D eigenvalue weighted by Crippen LogP contribution is -2.44. The van der Waals surface area contributed by atoms with Crippen molar-refractivity contribution in [1.82, 2.24) is 14.8 Å². The molecule has 0 unspecified atom stereocenters. The Balaban J connectivity index is 1.41. The van der Waals surface area contributed by atoms with Crippen LogP contribution in [0.4, 0.5) is 0 Å². The number of fused-ring (bicyclic) bond motifs is 1. The molecule has 42 heavy (non-hydrogen) atoms. The number of benzene rings is 3. The van der Waals surface area contributed by atoms with E-state index in [1.807, 2.05) is 41.3 Å². The average Bonchev–Trinajstić information content (AvgIpc) is 3.38. The third-order valence-corrected chi connectivity index (χ3v) is 7.66. The summed E-state index contributed by atoms with van der Waals surface area (Å²) in [4.78, 5) is 21.2. The van der Waals surface area contributed by atoms with Crippen LogP contribution in [0.25, 0.3) is 10.9 Å². The van der Waals surface area contributed by atoms with E-state index in [0.717, 1.165) is 36.0 Å².